The van der Waals surface area contributed by atoms with Crippen LogP contribution in [0.1, 0.15) is 79.1 Å². The molecule has 0 heterocycles. The lowest BCUT2D eigenvalue weighted by atomic mass is 9.71. The molecule has 3 rings (SSSR count). The predicted molar refractivity (Wildman–Crippen MR) is 178 cm³/mol. The molecule has 1 fully saturated rings. The highest BCUT2D eigenvalue weighted by Crippen LogP contribution is 2.54. The molecule has 51 heavy (non-hydrogen) atoms. The zero-order chi connectivity index (χ0) is 38.6. The Kier molecular flexibility index (Phi) is 12.6. The van der Waals surface area contributed by atoms with E-state index in [1.54, 1.807) is 51.1 Å². The van der Waals surface area contributed by atoms with E-state index in [-0.39, 0.29) is 11.1 Å². The van der Waals surface area contributed by atoms with Crippen LogP contribution in [0.2, 0.25) is 0 Å². The summed E-state index contributed by atoms with van der Waals surface area (Å²) in [6.07, 6.45) is -7.38. The number of rotatable bonds is 7. The van der Waals surface area contributed by atoms with Crippen molar-refractivity contribution in [3.8, 4) is 0 Å². The van der Waals surface area contributed by atoms with Crippen LogP contribution < -0.4 is 0 Å². The van der Waals surface area contributed by atoms with Crippen molar-refractivity contribution >= 4 is 35.8 Å². The molecule has 2 aliphatic rings. The standard InChI is InChI=1S/C37H48O14/c1-19-16-17-35(8,9)33(49-24(6)41)28(43)30(47-22(4)39)20(2)29(46-21(3)38)27-32(50-34(44)26-14-12-11-13-15-26)36(10,51-25(7)42)18-37(27,45)31(19)48-23(5)40/h11-17,19,27-33,43,45H,2,18H2,1,3-10H3/b17-16+/t19-,27-,28+,29-,30-,31-,32+,33+,36+,37+/m0/s1. The minimum Gasteiger partial charge on any atom is -0.459 e. The summed E-state index contributed by atoms with van der Waals surface area (Å²) in [5, 5.41) is 25.0. The minimum absolute atomic E-state index is 0.0848. The van der Waals surface area contributed by atoms with Gasteiger partial charge in [0.05, 0.1) is 11.5 Å². The molecule has 0 aromatic heterocycles. The van der Waals surface area contributed by atoms with Gasteiger partial charge in [-0.05, 0) is 19.1 Å². The number of hydrogen-bond acceptors (Lipinski definition) is 14. The fraction of sp³-hybridized carbons (Fsp3) is 0.568. The van der Waals surface area contributed by atoms with Gasteiger partial charge in [0.2, 0.25) is 0 Å². The summed E-state index contributed by atoms with van der Waals surface area (Å²) in [7, 11) is 0. The molecule has 0 saturated heterocycles. The molecule has 14 nitrogen and oxygen atoms in total. The lowest BCUT2D eigenvalue weighted by Crippen LogP contribution is -2.59. The van der Waals surface area contributed by atoms with Crippen LogP contribution in [0.3, 0.4) is 0 Å². The molecule has 2 aliphatic carbocycles. The second-order valence-electron chi connectivity index (χ2n) is 14.0. The quantitative estimate of drug-likeness (QED) is 0.237. The molecule has 0 amide bonds. The number of fused-ring (bicyclic) bond motifs is 1. The maximum absolute atomic E-state index is 13.7. The molecule has 1 aromatic rings. The van der Waals surface area contributed by atoms with E-state index in [1.165, 1.54) is 19.1 Å². The van der Waals surface area contributed by atoms with Crippen molar-refractivity contribution in [1.29, 1.82) is 0 Å². The monoisotopic (exact) mass is 716 g/mol. The SMILES string of the molecule is C=C1[C@H](OC(C)=O)[C@@H](O)[C@@H](OC(C)=O)C(C)(C)/C=C/[C@H](C)[C@H](OC(C)=O)[C@@]2(O)C[C@@](C)(OC(C)=O)[C@H](OC(=O)c3ccccc3)[C@@H]2[C@H]1OC(C)=O. The molecule has 0 aliphatic heterocycles. The zero-order valence-corrected chi connectivity index (χ0v) is 30.4. The number of esters is 6. The Labute approximate surface area is 297 Å². The Bertz CT molecular complexity index is 1550. The Hall–Kier alpha value is -4.56. The largest absolute Gasteiger partial charge is 0.459 e. The van der Waals surface area contributed by atoms with Gasteiger partial charge in [-0.1, -0.05) is 57.7 Å². The van der Waals surface area contributed by atoms with Gasteiger partial charge in [-0.25, -0.2) is 4.79 Å². The highest BCUT2D eigenvalue weighted by molar-refractivity contribution is 5.89. The van der Waals surface area contributed by atoms with Crippen molar-refractivity contribution in [2.45, 2.75) is 117 Å². The van der Waals surface area contributed by atoms with Gasteiger partial charge in [0.1, 0.15) is 35.6 Å². The van der Waals surface area contributed by atoms with Gasteiger partial charge in [-0.3, -0.25) is 24.0 Å². The lowest BCUT2D eigenvalue weighted by Gasteiger charge is -2.45. The van der Waals surface area contributed by atoms with Crippen molar-refractivity contribution in [1.82, 2.24) is 0 Å². The molecule has 0 bridgehead atoms. The van der Waals surface area contributed by atoms with Gasteiger partial charge >= 0.3 is 35.8 Å². The number of carbonyl (C=O) groups excluding carboxylic acids is 6. The Morgan fingerprint density at radius 3 is 1.75 bits per heavy atom. The van der Waals surface area contributed by atoms with Crippen LogP contribution in [0.4, 0.5) is 0 Å². The first-order valence-corrected chi connectivity index (χ1v) is 16.5. The Morgan fingerprint density at radius 1 is 0.725 bits per heavy atom. The second-order valence-corrected chi connectivity index (χ2v) is 14.0. The second kappa shape index (κ2) is 15.8. The number of benzene rings is 1. The highest BCUT2D eigenvalue weighted by atomic mass is 16.6. The van der Waals surface area contributed by atoms with Crippen molar-refractivity contribution in [2.24, 2.45) is 17.3 Å². The first-order valence-electron chi connectivity index (χ1n) is 16.5. The van der Waals surface area contributed by atoms with E-state index in [0.29, 0.717) is 0 Å². The van der Waals surface area contributed by atoms with Gasteiger partial charge in [0.15, 0.2) is 12.2 Å². The van der Waals surface area contributed by atoms with E-state index in [2.05, 4.69) is 6.58 Å². The minimum atomic E-state index is -2.35. The smallest absolute Gasteiger partial charge is 0.338 e. The summed E-state index contributed by atoms with van der Waals surface area (Å²) in [6.45, 7) is 15.8. The first-order chi connectivity index (χ1) is 23.5. The summed E-state index contributed by atoms with van der Waals surface area (Å²) in [4.78, 5) is 76.9. The van der Waals surface area contributed by atoms with Crippen molar-refractivity contribution in [2.75, 3.05) is 0 Å². The summed E-state index contributed by atoms with van der Waals surface area (Å²) in [5.74, 6) is -7.72. The molecule has 14 heteroatoms. The Balaban J connectivity index is 2.49. The molecule has 1 saturated carbocycles. The third-order valence-electron chi connectivity index (χ3n) is 9.14. The fourth-order valence-corrected chi connectivity index (χ4v) is 7.21. The summed E-state index contributed by atoms with van der Waals surface area (Å²) in [5.41, 5.74) is -5.68. The van der Waals surface area contributed by atoms with Gasteiger partial charge in [-0.15, -0.1) is 0 Å². The third-order valence-corrected chi connectivity index (χ3v) is 9.14. The zero-order valence-electron chi connectivity index (χ0n) is 30.4. The van der Waals surface area contributed by atoms with E-state index in [4.69, 9.17) is 28.4 Å². The molecule has 1 aromatic carbocycles. The van der Waals surface area contributed by atoms with Crippen LogP contribution in [-0.4, -0.2) is 93.9 Å². The molecule has 0 radical (unpaired) electrons. The molecule has 280 valence electrons. The van der Waals surface area contributed by atoms with Gasteiger partial charge in [-0.2, -0.15) is 0 Å². The fourth-order valence-electron chi connectivity index (χ4n) is 7.21. The van der Waals surface area contributed by atoms with E-state index < -0.39 is 107 Å². The van der Waals surface area contributed by atoms with E-state index in [1.807, 2.05) is 0 Å². The van der Waals surface area contributed by atoms with Crippen molar-refractivity contribution in [3.05, 3.63) is 60.2 Å². The Morgan fingerprint density at radius 2 is 1.24 bits per heavy atom. The topological polar surface area (TPSA) is 198 Å². The number of carbonyl (C=O) groups is 6. The summed E-state index contributed by atoms with van der Waals surface area (Å²) >= 11 is 0. The summed E-state index contributed by atoms with van der Waals surface area (Å²) in [6, 6.07) is 7.78. The van der Waals surface area contributed by atoms with Crippen LogP contribution >= 0.6 is 0 Å². The third kappa shape index (κ3) is 9.22. The van der Waals surface area contributed by atoms with Gasteiger partial charge in [0.25, 0.3) is 0 Å². The van der Waals surface area contributed by atoms with Crippen LogP contribution in [0.15, 0.2) is 54.6 Å². The maximum atomic E-state index is 13.7. The first kappa shape index (κ1) is 40.9. The molecular weight excluding hydrogens is 668 g/mol. The molecule has 2 N–H and O–H groups in total. The average molecular weight is 717 g/mol. The maximum Gasteiger partial charge on any atom is 0.338 e. The van der Waals surface area contributed by atoms with Crippen molar-refractivity contribution in [3.63, 3.8) is 0 Å². The lowest BCUT2D eigenvalue weighted by molar-refractivity contribution is -0.194. The van der Waals surface area contributed by atoms with Crippen LogP contribution in [0, 0.1) is 17.3 Å². The van der Waals surface area contributed by atoms with Crippen LogP contribution in [-0.2, 0) is 52.4 Å². The van der Waals surface area contributed by atoms with Gasteiger partial charge < -0.3 is 38.6 Å². The average Bonchev–Trinajstić information content (AvgIpc) is 3.22. The predicted octanol–water partition coefficient (Wildman–Crippen LogP) is 3.16. The van der Waals surface area contributed by atoms with E-state index in [0.717, 1.165) is 34.6 Å². The molecular formula is C37H48O14. The molecule has 0 spiro atoms. The number of aliphatic hydroxyl groups is 2. The number of hydrogen-bond donors (Lipinski definition) is 2. The van der Waals surface area contributed by atoms with Gasteiger partial charge in [0, 0.05) is 57.9 Å². The van der Waals surface area contributed by atoms with E-state index in [9.17, 15) is 39.0 Å². The summed E-state index contributed by atoms with van der Waals surface area (Å²) < 4.78 is 34.6. The molecule has 10 atom stereocenters. The normalized spacial score (nSPS) is 33.9. The molecule has 0 unspecified atom stereocenters. The van der Waals surface area contributed by atoms with Crippen LogP contribution in [0.25, 0.3) is 0 Å². The van der Waals surface area contributed by atoms with E-state index >= 15 is 0 Å². The van der Waals surface area contributed by atoms with Crippen molar-refractivity contribution < 1.29 is 67.4 Å². The number of ether oxygens (including phenoxy) is 6. The number of aliphatic hydroxyl groups excluding tert-OH is 1. The van der Waals surface area contributed by atoms with Crippen LogP contribution in [0.5, 0.6) is 0 Å². The highest BCUT2D eigenvalue weighted by Gasteiger charge is 2.70.